The van der Waals surface area contributed by atoms with E-state index in [4.69, 9.17) is 16.9 Å². The van der Waals surface area contributed by atoms with Crippen LogP contribution in [-0.2, 0) is 6.54 Å². The SMILES string of the molecule is N#Cc1cc(F)cc(CNc2c(F)cc(F)cc2Cl)c1. The molecule has 0 aromatic heterocycles. The Morgan fingerprint density at radius 1 is 1.05 bits per heavy atom. The molecule has 2 aromatic rings. The number of hydrogen-bond acceptors (Lipinski definition) is 2. The summed E-state index contributed by atoms with van der Waals surface area (Å²) in [6.07, 6.45) is 0. The Labute approximate surface area is 118 Å². The molecule has 0 atom stereocenters. The maximum Gasteiger partial charge on any atom is 0.150 e. The monoisotopic (exact) mass is 296 g/mol. The van der Waals surface area contributed by atoms with Crippen molar-refractivity contribution >= 4 is 17.3 Å². The minimum Gasteiger partial charge on any atom is -0.377 e. The van der Waals surface area contributed by atoms with Crippen LogP contribution in [-0.4, -0.2) is 0 Å². The van der Waals surface area contributed by atoms with E-state index in [0.717, 1.165) is 12.1 Å². The molecule has 0 bridgehead atoms. The average molecular weight is 297 g/mol. The van der Waals surface area contributed by atoms with E-state index in [-0.39, 0.29) is 22.8 Å². The molecule has 0 saturated carbocycles. The molecule has 0 amide bonds. The molecule has 0 spiro atoms. The number of benzene rings is 2. The Morgan fingerprint density at radius 3 is 2.40 bits per heavy atom. The van der Waals surface area contributed by atoms with Crippen molar-refractivity contribution in [1.82, 2.24) is 0 Å². The van der Waals surface area contributed by atoms with Gasteiger partial charge in [-0.3, -0.25) is 0 Å². The molecule has 2 aromatic carbocycles. The lowest BCUT2D eigenvalue weighted by Gasteiger charge is -2.10. The van der Waals surface area contributed by atoms with Crippen molar-refractivity contribution in [2.45, 2.75) is 6.54 Å². The van der Waals surface area contributed by atoms with Crippen molar-refractivity contribution in [1.29, 1.82) is 5.26 Å². The van der Waals surface area contributed by atoms with E-state index in [2.05, 4.69) is 5.32 Å². The van der Waals surface area contributed by atoms with Crippen LogP contribution in [0.15, 0.2) is 30.3 Å². The van der Waals surface area contributed by atoms with Gasteiger partial charge in [0.2, 0.25) is 0 Å². The fourth-order valence-electron chi connectivity index (χ4n) is 1.72. The molecule has 0 aliphatic heterocycles. The number of nitrogens with one attached hydrogen (secondary N) is 1. The Kier molecular flexibility index (Phi) is 4.16. The van der Waals surface area contributed by atoms with Gasteiger partial charge in [0, 0.05) is 12.6 Å². The minimum atomic E-state index is -0.841. The second-order valence-electron chi connectivity index (χ2n) is 4.06. The summed E-state index contributed by atoms with van der Waals surface area (Å²) in [6.45, 7) is 0.0503. The molecule has 102 valence electrons. The lowest BCUT2D eigenvalue weighted by atomic mass is 10.1. The van der Waals surface area contributed by atoms with Crippen LogP contribution in [0, 0.1) is 28.8 Å². The van der Waals surface area contributed by atoms with Crippen molar-refractivity contribution in [2.24, 2.45) is 0 Å². The molecule has 0 saturated heterocycles. The van der Waals surface area contributed by atoms with Crippen molar-refractivity contribution in [3.8, 4) is 6.07 Å². The number of anilines is 1. The van der Waals surface area contributed by atoms with Gasteiger partial charge in [-0.15, -0.1) is 0 Å². The van der Waals surface area contributed by atoms with Gasteiger partial charge in [-0.05, 0) is 29.8 Å². The highest BCUT2D eigenvalue weighted by molar-refractivity contribution is 6.33. The van der Waals surface area contributed by atoms with Gasteiger partial charge in [0.25, 0.3) is 0 Å². The molecule has 0 fully saturated rings. The number of hydrogen-bond donors (Lipinski definition) is 1. The maximum absolute atomic E-state index is 13.5. The highest BCUT2D eigenvalue weighted by atomic mass is 35.5. The lowest BCUT2D eigenvalue weighted by Crippen LogP contribution is -2.03. The first-order chi connectivity index (χ1) is 9.49. The molecule has 0 heterocycles. The van der Waals surface area contributed by atoms with Crippen LogP contribution in [0.4, 0.5) is 18.9 Å². The first-order valence-electron chi connectivity index (χ1n) is 5.57. The number of halogens is 4. The van der Waals surface area contributed by atoms with Crippen LogP contribution in [0.2, 0.25) is 5.02 Å². The highest BCUT2D eigenvalue weighted by Crippen LogP contribution is 2.27. The smallest absolute Gasteiger partial charge is 0.150 e. The van der Waals surface area contributed by atoms with Gasteiger partial charge in [0.15, 0.2) is 5.82 Å². The molecule has 2 nitrogen and oxygen atoms in total. The van der Waals surface area contributed by atoms with Crippen LogP contribution in [0.25, 0.3) is 0 Å². The zero-order valence-corrected chi connectivity index (χ0v) is 10.8. The predicted octanol–water partition coefficient (Wildman–Crippen LogP) is 4.24. The number of nitriles is 1. The van der Waals surface area contributed by atoms with Gasteiger partial charge >= 0.3 is 0 Å². The molecule has 2 rings (SSSR count). The summed E-state index contributed by atoms with van der Waals surface area (Å²) in [5, 5.41) is 11.3. The zero-order chi connectivity index (χ0) is 14.7. The first kappa shape index (κ1) is 14.2. The standard InChI is InChI=1S/C14H8ClF3N2/c15-12-4-11(17)5-13(18)14(12)20-7-9-1-8(6-19)2-10(16)3-9/h1-5,20H,7H2. The zero-order valence-electron chi connectivity index (χ0n) is 10.1. The number of nitrogens with zero attached hydrogens (tertiary/aromatic N) is 1. The summed E-state index contributed by atoms with van der Waals surface area (Å²) >= 11 is 5.72. The van der Waals surface area contributed by atoms with Crippen LogP contribution in [0.1, 0.15) is 11.1 Å². The van der Waals surface area contributed by atoms with Crippen LogP contribution in [0.5, 0.6) is 0 Å². The molecular formula is C14H8ClF3N2. The van der Waals surface area contributed by atoms with Crippen molar-refractivity contribution in [3.05, 3.63) is 63.9 Å². The quantitative estimate of drug-likeness (QED) is 0.919. The normalized spacial score (nSPS) is 10.2. The van der Waals surface area contributed by atoms with Crippen LogP contribution < -0.4 is 5.32 Å². The summed E-state index contributed by atoms with van der Waals surface area (Å²) in [5.74, 6) is -2.19. The fraction of sp³-hybridized carbons (Fsp3) is 0.0714. The third kappa shape index (κ3) is 3.22. The minimum absolute atomic E-state index is 0.0503. The van der Waals surface area contributed by atoms with E-state index >= 15 is 0 Å². The highest BCUT2D eigenvalue weighted by Gasteiger charge is 2.10. The van der Waals surface area contributed by atoms with E-state index in [1.165, 1.54) is 12.1 Å². The van der Waals surface area contributed by atoms with Gasteiger partial charge in [0.05, 0.1) is 22.3 Å². The molecule has 0 radical (unpaired) electrons. The van der Waals surface area contributed by atoms with Crippen LogP contribution >= 0.6 is 11.6 Å². The van der Waals surface area contributed by atoms with E-state index in [0.29, 0.717) is 11.6 Å². The summed E-state index contributed by atoms with van der Waals surface area (Å²) in [5.41, 5.74) is 0.532. The Bertz CT molecular complexity index is 672. The second kappa shape index (κ2) is 5.85. The summed E-state index contributed by atoms with van der Waals surface area (Å²) in [6, 6.07) is 7.25. The van der Waals surface area contributed by atoms with E-state index < -0.39 is 17.5 Å². The van der Waals surface area contributed by atoms with Crippen molar-refractivity contribution in [2.75, 3.05) is 5.32 Å². The summed E-state index contributed by atoms with van der Waals surface area (Å²) in [7, 11) is 0. The summed E-state index contributed by atoms with van der Waals surface area (Å²) < 4.78 is 39.6. The van der Waals surface area contributed by atoms with Crippen molar-refractivity contribution < 1.29 is 13.2 Å². The van der Waals surface area contributed by atoms with Gasteiger partial charge in [-0.1, -0.05) is 11.6 Å². The molecule has 20 heavy (non-hydrogen) atoms. The third-order valence-corrected chi connectivity index (χ3v) is 2.86. The topological polar surface area (TPSA) is 35.8 Å². The lowest BCUT2D eigenvalue weighted by molar-refractivity contribution is 0.585. The number of rotatable bonds is 3. The maximum atomic E-state index is 13.5. The molecule has 0 aliphatic carbocycles. The molecule has 0 aliphatic rings. The molecule has 6 heteroatoms. The van der Waals surface area contributed by atoms with Crippen molar-refractivity contribution in [3.63, 3.8) is 0 Å². The van der Waals surface area contributed by atoms with E-state index in [1.807, 2.05) is 6.07 Å². The third-order valence-electron chi connectivity index (χ3n) is 2.56. The molecule has 1 N–H and O–H groups in total. The fourth-order valence-corrected chi connectivity index (χ4v) is 1.98. The van der Waals surface area contributed by atoms with Gasteiger partial charge in [-0.25, -0.2) is 13.2 Å². The second-order valence-corrected chi connectivity index (χ2v) is 4.47. The average Bonchev–Trinajstić information content (AvgIpc) is 2.36. The Balaban J connectivity index is 2.21. The Hall–Kier alpha value is -2.19. The largest absolute Gasteiger partial charge is 0.377 e. The Morgan fingerprint density at radius 2 is 1.75 bits per heavy atom. The summed E-state index contributed by atoms with van der Waals surface area (Å²) in [4.78, 5) is 0. The van der Waals surface area contributed by atoms with Crippen LogP contribution in [0.3, 0.4) is 0 Å². The van der Waals surface area contributed by atoms with Gasteiger partial charge in [0.1, 0.15) is 11.6 Å². The van der Waals surface area contributed by atoms with E-state index in [9.17, 15) is 13.2 Å². The van der Waals surface area contributed by atoms with Gasteiger partial charge < -0.3 is 5.32 Å². The van der Waals surface area contributed by atoms with E-state index in [1.54, 1.807) is 0 Å². The predicted molar refractivity (Wildman–Crippen MR) is 69.8 cm³/mol. The van der Waals surface area contributed by atoms with Gasteiger partial charge in [-0.2, -0.15) is 5.26 Å². The molecule has 0 unspecified atom stereocenters. The first-order valence-corrected chi connectivity index (χ1v) is 5.95. The molecular weight excluding hydrogens is 289 g/mol.